The summed E-state index contributed by atoms with van der Waals surface area (Å²) in [4.78, 5) is 0. The third-order valence-electron chi connectivity index (χ3n) is 0. The van der Waals surface area contributed by atoms with Crippen molar-refractivity contribution in [3.8, 4) is 0 Å². The molecular weight excluding hydrogens is 306 g/mol. The second kappa shape index (κ2) is 182. The van der Waals surface area contributed by atoms with Crippen molar-refractivity contribution < 1.29 is 72.7 Å². The maximum atomic E-state index is 7.17. The first-order chi connectivity index (χ1) is 1.73. The van der Waals surface area contributed by atoms with Gasteiger partial charge in [-0.1, -0.05) is 0 Å². The number of rotatable bonds is 0. The Kier molecular flexibility index (Phi) is 2720. The van der Waals surface area contributed by atoms with Crippen LogP contribution in [0.3, 0.4) is 0 Å². The fourth-order valence-corrected chi connectivity index (χ4v) is 0. The Morgan fingerprint density at radius 3 is 0.467 bits per heavy atom. The minimum atomic E-state index is -2.17. The van der Waals surface area contributed by atoms with Crippen LogP contribution in [0.15, 0.2) is 0 Å². The first kappa shape index (κ1) is 223. The Morgan fingerprint density at radius 2 is 0.467 bits per heavy atom. The van der Waals surface area contributed by atoms with Gasteiger partial charge in [-0.15, -0.1) is 0 Å². The van der Waals surface area contributed by atoms with E-state index in [1.165, 1.54) is 0 Å². The maximum Gasteiger partial charge on any atom is 2.00 e. The molecule has 0 aromatic rings. The van der Waals surface area contributed by atoms with E-state index in [4.69, 9.17) is 15.1 Å². The molecule has 0 fully saturated rings. The zero-order valence-corrected chi connectivity index (χ0v) is 11.1. The summed E-state index contributed by atoms with van der Waals surface area (Å²) in [6, 6.07) is 0. The molecule has 0 bridgehead atoms. The second-order valence-electron chi connectivity index (χ2n) is 0.346. The molecule has 15 heteroatoms. The molecule has 0 aromatic heterocycles. The zero-order chi connectivity index (χ0) is 3.58. The Labute approximate surface area is 125 Å². The molecule has 0 unspecified atom stereocenters. The van der Waals surface area contributed by atoms with Crippen molar-refractivity contribution in [2.45, 2.75) is 0 Å². The van der Waals surface area contributed by atoms with Gasteiger partial charge in [0.2, 0.25) is 0 Å². The molecule has 0 aliphatic heterocycles. The quantitative estimate of drug-likeness (QED) is 0.364. The number of hydrogen-bond acceptors (Lipinski definition) is 3. The van der Waals surface area contributed by atoms with Crippen molar-refractivity contribution in [3.05, 3.63) is 0 Å². The molecule has 0 aliphatic carbocycles. The van der Waals surface area contributed by atoms with Crippen molar-refractivity contribution in [2.75, 3.05) is 0 Å². The van der Waals surface area contributed by atoms with Gasteiger partial charge in [0, 0.05) is 0 Å². The molecule has 0 atom stereocenters. The predicted octanol–water partition coefficient (Wildman–Crippen LogP) is -10.5. The summed E-state index contributed by atoms with van der Waals surface area (Å²) in [6.45, 7) is 0. The third kappa shape index (κ3) is 2420. The fourth-order valence-electron chi connectivity index (χ4n) is 0. The molecule has 0 rings (SSSR count). The molecule has 0 aliphatic rings. The van der Waals surface area contributed by atoms with Gasteiger partial charge < -0.3 is 72.7 Å². The number of hydrogen-bond donors (Lipinski definition) is 3. The van der Waals surface area contributed by atoms with Crippen molar-refractivity contribution >= 4 is 52.8 Å². The molecule has 0 amide bonds. The Balaban J connectivity index is -0.000000000577. The van der Waals surface area contributed by atoms with E-state index in [1.807, 2.05) is 0 Å². The monoisotopic (exact) mass is 332 g/mol. The van der Waals surface area contributed by atoms with E-state index in [9.17, 15) is 0 Å². The van der Waals surface area contributed by atoms with Crippen LogP contribution < -0.4 is 0 Å². The van der Waals surface area contributed by atoms with Gasteiger partial charge in [0.25, 0.3) is 0 Å². The summed E-state index contributed by atoms with van der Waals surface area (Å²) < 4.78 is 0. The minimum Gasteiger partial charge on any atom is -1.00 e. The van der Waals surface area contributed by atoms with Crippen molar-refractivity contribution in [1.82, 2.24) is 0 Å². The zero-order valence-electron chi connectivity index (χ0n) is 9.63. The van der Waals surface area contributed by atoms with Gasteiger partial charge in [-0.05, 0) is 0 Å². The molecule has 15 heavy (non-hydrogen) atoms. The smallest absolute Gasteiger partial charge is 1.00 e. The summed E-state index contributed by atoms with van der Waals surface area (Å²) in [5, 5.41) is 21.5. The average molecular weight is 332 g/mol. The third-order valence-corrected chi connectivity index (χ3v) is 0. The summed E-state index contributed by atoms with van der Waals surface area (Å²) in [7, 11) is -2.17. The molecule has 0 radical (unpaired) electrons. The molecule has 0 saturated heterocycles. The van der Waals surface area contributed by atoms with Crippen molar-refractivity contribution in [2.24, 2.45) is 0 Å². The van der Waals surface area contributed by atoms with E-state index < -0.39 is 7.32 Å². The first-order valence-electron chi connectivity index (χ1n) is 0.775. The minimum absolute atomic E-state index is 0. The molecule has 108 valence electrons. The summed E-state index contributed by atoms with van der Waals surface area (Å²) in [6.07, 6.45) is 0. The predicted molar refractivity (Wildman–Crippen MR) is 56.5 cm³/mol. The van der Waals surface area contributed by atoms with Gasteiger partial charge in [0.15, 0.2) is 0 Å². The van der Waals surface area contributed by atoms with Crippen LogP contribution in [0.4, 0.5) is 0 Å². The standard InChI is InChI=1S/BH3O3.10H2O.Sr.2H/c2-1(3)4;;;;;;;;;;;;;/h2-4H;10*1H2;;;/q;;;;;;;;;;;+2;2*-1. The summed E-state index contributed by atoms with van der Waals surface area (Å²) in [5.74, 6) is 0. The summed E-state index contributed by atoms with van der Waals surface area (Å²) in [5.41, 5.74) is 0. The summed E-state index contributed by atoms with van der Waals surface area (Å²) >= 11 is 0. The first-order valence-corrected chi connectivity index (χ1v) is 0.775. The van der Waals surface area contributed by atoms with E-state index in [0.29, 0.717) is 0 Å². The molecule has 0 spiro atoms. The molecule has 23 N–H and O–H groups in total. The molecule has 0 saturated carbocycles. The Bertz CT molecular complexity index is 24.1. The van der Waals surface area contributed by atoms with Gasteiger partial charge in [0.1, 0.15) is 0 Å². The van der Waals surface area contributed by atoms with E-state index in [2.05, 4.69) is 0 Å². The fraction of sp³-hybridized carbons (Fsp3) is 0. The second-order valence-corrected chi connectivity index (χ2v) is 0.346. The van der Waals surface area contributed by atoms with Crippen LogP contribution in [0.1, 0.15) is 2.85 Å². The van der Waals surface area contributed by atoms with Gasteiger partial charge in [0.05, 0.1) is 0 Å². The van der Waals surface area contributed by atoms with Gasteiger partial charge in [-0.2, -0.15) is 0 Å². The van der Waals surface area contributed by atoms with E-state index in [0.717, 1.165) is 0 Å². The maximum absolute atomic E-state index is 7.17. The van der Waals surface area contributed by atoms with Crippen molar-refractivity contribution in [3.63, 3.8) is 0 Å². The van der Waals surface area contributed by atoms with E-state index >= 15 is 0 Å². The Morgan fingerprint density at radius 1 is 0.467 bits per heavy atom. The van der Waals surface area contributed by atoms with Crippen molar-refractivity contribution in [1.29, 1.82) is 0 Å². The van der Waals surface area contributed by atoms with Crippen LogP contribution in [0.2, 0.25) is 0 Å². The molecule has 0 aromatic carbocycles. The molecule has 13 nitrogen and oxygen atoms in total. The van der Waals surface area contributed by atoms with Crippen LogP contribution in [-0.4, -0.2) is 123 Å². The van der Waals surface area contributed by atoms with Gasteiger partial charge in [-0.25, -0.2) is 0 Å². The Hall–Kier alpha value is 1.03. The normalized spacial score (nSPS) is 1.80. The van der Waals surface area contributed by atoms with E-state index in [-0.39, 0.29) is 103 Å². The molecular formula is H25BO13Sr. The van der Waals surface area contributed by atoms with Crippen LogP contribution in [0.5, 0.6) is 0 Å². The van der Waals surface area contributed by atoms with Crippen LogP contribution in [-0.2, 0) is 0 Å². The van der Waals surface area contributed by atoms with Crippen LogP contribution in [0.25, 0.3) is 0 Å². The van der Waals surface area contributed by atoms with Crippen LogP contribution >= 0.6 is 0 Å². The van der Waals surface area contributed by atoms with Gasteiger partial charge >= 0.3 is 52.8 Å². The average Bonchev–Trinajstić information content (AvgIpc) is 0.811. The topological polar surface area (TPSA) is 376 Å². The van der Waals surface area contributed by atoms with Gasteiger partial charge in [-0.3, -0.25) is 0 Å². The SMILES string of the molecule is O.O.O.O.O.O.O.O.O.O.OB(O)O.[H-].[H-].[Sr+2]. The van der Waals surface area contributed by atoms with Crippen LogP contribution in [0, 0.1) is 0 Å². The van der Waals surface area contributed by atoms with E-state index in [1.54, 1.807) is 0 Å². The largest absolute Gasteiger partial charge is 2.00 e. The molecule has 0 heterocycles.